The molecule has 0 radical (unpaired) electrons. The molecule has 0 bridgehead atoms. The van der Waals surface area contributed by atoms with Crippen molar-refractivity contribution in [2.75, 3.05) is 14.2 Å². The Balaban J connectivity index is 2.20. The minimum absolute atomic E-state index is 0.0922. The van der Waals surface area contributed by atoms with Gasteiger partial charge in [0.05, 0.1) is 14.2 Å². The number of aromatic hydroxyl groups is 2. The van der Waals surface area contributed by atoms with Crippen molar-refractivity contribution in [2.45, 2.75) is 12.8 Å². The lowest BCUT2D eigenvalue weighted by Crippen LogP contribution is -2.03. The van der Waals surface area contributed by atoms with Crippen LogP contribution in [-0.2, 0) is 0 Å². The molecule has 3 rings (SSSR count). The van der Waals surface area contributed by atoms with Crippen molar-refractivity contribution in [1.29, 1.82) is 0 Å². The van der Waals surface area contributed by atoms with Crippen molar-refractivity contribution >= 4 is 0 Å². The van der Waals surface area contributed by atoms with Gasteiger partial charge in [-0.05, 0) is 34.9 Å². The predicted molar refractivity (Wildman–Crippen MR) is 102 cm³/mol. The van der Waals surface area contributed by atoms with E-state index in [9.17, 15) is 10.2 Å². The average molecular weight is 350 g/mol. The smallest absolute Gasteiger partial charge is 0.164 e. The second-order valence-electron chi connectivity index (χ2n) is 6.10. The Morgan fingerprint density at radius 2 is 1.50 bits per heavy atom. The van der Waals surface area contributed by atoms with E-state index < -0.39 is 0 Å². The summed E-state index contributed by atoms with van der Waals surface area (Å²) in [4.78, 5) is 0. The lowest BCUT2D eigenvalue weighted by molar-refractivity contribution is 0.367. The maximum absolute atomic E-state index is 10.3. The van der Waals surface area contributed by atoms with Crippen LogP contribution in [0.15, 0.2) is 60.7 Å². The molecule has 0 spiro atoms. The number of phenolic OH excluding ortho intramolecular Hbond substituents is 2. The maximum Gasteiger partial charge on any atom is 0.164 e. The second kappa shape index (κ2) is 7.40. The highest BCUT2D eigenvalue weighted by molar-refractivity contribution is 5.74. The van der Waals surface area contributed by atoms with Crippen LogP contribution in [0.4, 0.5) is 0 Å². The number of hydrogen-bond donors (Lipinski definition) is 2. The average Bonchev–Trinajstić information content (AvgIpc) is 2.68. The largest absolute Gasteiger partial charge is 0.504 e. The van der Waals surface area contributed by atoms with Crippen molar-refractivity contribution < 1.29 is 19.7 Å². The molecule has 26 heavy (non-hydrogen) atoms. The van der Waals surface area contributed by atoms with Crippen LogP contribution in [0, 0.1) is 0 Å². The van der Waals surface area contributed by atoms with Gasteiger partial charge in [-0.3, -0.25) is 0 Å². The summed E-state index contributed by atoms with van der Waals surface area (Å²) >= 11 is 0. The van der Waals surface area contributed by atoms with E-state index >= 15 is 0 Å². The van der Waals surface area contributed by atoms with Gasteiger partial charge in [0.15, 0.2) is 23.0 Å². The van der Waals surface area contributed by atoms with Crippen molar-refractivity contribution in [1.82, 2.24) is 0 Å². The molecule has 0 aliphatic carbocycles. The first kappa shape index (κ1) is 17.7. The molecule has 4 heteroatoms. The van der Waals surface area contributed by atoms with Crippen LogP contribution < -0.4 is 9.47 Å². The third-order valence-electron chi connectivity index (χ3n) is 4.60. The molecule has 0 aliphatic rings. The van der Waals surface area contributed by atoms with Crippen LogP contribution >= 0.6 is 0 Å². The zero-order valence-corrected chi connectivity index (χ0v) is 15.1. The van der Waals surface area contributed by atoms with Crippen molar-refractivity contribution in [3.05, 3.63) is 71.8 Å². The molecule has 0 saturated heterocycles. The first-order valence-electron chi connectivity index (χ1n) is 8.39. The van der Waals surface area contributed by atoms with Crippen LogP contribution in [-0.4, -0.2) is 24.4 Å². The summed E-state index contributed by atoms with van der Waals surface area (Å²) in [6, 6.07) is 18.8. The lowest BCUT2D eigenvalue weighted by atomic mass is 9.86. The van der Waals surface area contributed by atoms with E-state index in [0.717, 1.165) is 22.3 Å². The lowest BCUT2D eigenvalue weighted by Gasteiger charge is -2.22. The van der Waals surface area contributed by atoms with Crippen molar-refractivity contribution in [3.63, 3.8) is 0 Å². The van der Waals surface area contributed by atoms with E-state index in [2.05, 4.69) is 0 Å². The minimum atomic E-state index is -0.0956. The summed E-state index contributed by atoms with van der Waals surface area (Å²) < 4.78 is 10.8. The Morgan fingerprint density at radius 3 is 2.15 bits per heavy atom. The number of rotatable bonds is 5. The Morgan fingerprint density at radius 1 is 0.808 bits per heavy atom. The van der Waals surface area contributed by atoms with E-state index in [0.29, 0.717) is 11.5 Å². The SMILES string of the molecule is COc1cc(C(C)c2c(-c3ccccc3)ccc(O)c2OC)ccc1O. The van der Waals surface area contributed by atoms with Crippen LogP contribution in [0.5, 0.6) is 23.0 Å². The molecule has 4 nitrogen and oxygen atoms in total. The summed E-state index contributed by atoms with van der Waals surface area (Å²) in [6.45, 7) is 2.04. The summed E-state index contributed by atoms with van der Waals surface area (Å²) in [7, 11) is 3.07. The van der Waals surface area contributed by atoms with Crippen LogP contribution in [0.3, 0.4) is 0 Å². The second-order valence-corrected chi connectivity index (χ2v) is 6.10. The molecule has 2 N–H and O–H groups in total. The van der Waals surface area contributed by atoms with E-state index in [1.54, 1.807) is 25.3 Å². The monoisotopic (exact) mass is 350 g/mol. The van der Waals surface area contributed by atoms with Crippen LogP contribution in [0.1, 0.15) is 24.0 Å². The van der Waals surface area contributed by atoms with Gasteiger partial charge in [0.25, 0.3) is 0 Å². The summed E-state index contributed by atoms with van der Waals surface area (Å²) in [6.07, 6.45) is 0. The fraction of sp³-hybridized carbons (Fsp3) is 0.182. The molecule has 0 aromatic heterocycles. The zero-order valence-electron chi connectivity index (χ0n) is 15.1. The molecule has 1 unspecified atom stereocenters. The molecule has 3 aromatic carbocycles. The van der Waals surface area contributed by atoms with Gasteiger partial charge >= 0.3 is 0 Å². The predicted octanol–water partition coefficient (Wildman–Crippen LogP) is 4.93. The topological polar surface area (TPSA) is 58.9 Å². The molecule has 3 aromatic rings. The molecule has 1 atom stereocenters. The van der Waals surface area contributed by atoms with Gasteiger partial charge < -0.3 is 19.7 Å². The van der Waals surface area contributed by atoms with Gasteiger partial charge in [0.2, 0.25) is 0 Å². The summed E-state index contributed by atoms with van der Waals surface area (Å²) in [5, 5.41) is 20.2. The van der Waals surface area contributed by atoms with E-state index in [4.69, 9.17) is 9.47 Å². The minimum Gasteiger partial charge on any atom is -0.504 e. The number of methoxy groups -OCH3 is 2. The summed E-state index contributed by atoms with van der Waals surface area (Å²) in [5.74, 6) is 0.955. The number of ether oxygens (including phenoxy) is 2. The highest BCUT2D eigenvalue weighted by Crippen LogP contribution is 2.44. The quantitative estimate of drug-likeness (QED) is 0.685. The Labute approximate surface area is 153 Å². The molecule has 0 aliphatic heterocycles. The molecular weight excluding hydrogens is 328 g/mol. The van der Waals surface area contributed by atoms with Gasteiger partial charge in [-0.2, -0.15) is 0 Å². The van der Waals surface area contributed by atoms with Crippen molar-refractivity contribution in [3.8, 4) is 34.1 Å². The first-order chi connectivity index (χ1) is 12.6. The Bertz CT molecular complexity index is 904. The summed E-state index contributed by atoms with van der Waals surface area (Å²) in [5.41, 5.74) is 3.85. The van der Waals surface area contributed by atoms with Gasteiger partial charge in [-0.25, -0.2) is 0 Å². The molecule has 134 valence electrons. The third-order valence-corrected chi connectivity index (χ3v) is 4.60. The highest BCUT2D eigenvalue weighted by atomic mass is 16.5. The normalized spacial score (nSPS) is 11.8. The molecule has 0 fully saturated rings. The Kier molecular flexibility index (Phi) is 5.03. The zero-order chi connectivity index (χ0) is 18.7. The number of phenols is 2. The standard InChI is InChI=1S/C22H22O4/c1-14(16-9-11-18(23)20(13-16)25-2)21-17(15-7-5-4-6-8-15)10-12-19(24)22(21)26-3/h4-14,23-24H,1-3H3. The third kappa shape index (κ3) is 3.18. The van der Waals surface area contributed by atoms with E-state index in [1.165, 1.54) is 7.11 Å². The number of hydrogen-bond acceptors (Lipinski definition) is 4. The highest BCUT2D eigenvalue weighted by Gasteiger charge is 2.22. The first-order valence-corrected chi connectivity index (χ1v) is 8.39. The fourth-order valence-corrected chi connectivity index (χ4v) is 3.23. The van der Waals surface area contributed by atoms with E-state index in [-0.39, 0.29) is 17.4 Å². The molecule has 0 heterocycles. The van der Waals surface area contributed by atoms with Crippen LogP contribution in [0.25, 0.3) is 11.1 Å². The molecule has 0 saturated carbocycles. The Hall–Kier alpha value is -3.14. The molecule has 0 amide bonds. The van der Waals surface area contributed by atoms with Gasteiger partial charge in [-0.15, -0.1) is 0 Å². The van der Waals surface area contributed by atoms with Crippen LogP contribution in [0.2, 0.25) is 0 Å². The van der Waals surface area contributed by atoms with Gasteiger partial charge in [0, 0.05) is 11.5 Å². The van der Waals surface area contributed by atoms with E-state index in [1.807, 2.05) is 49.4 Å². The maximum atomic E-state index is 10.3. The fourth-order valence-electron chi connectivity index (χ4n) is 3.23. The van der Waals surface area contributed by atoms with Gasteiger partial charge in [-0.1, -0.05) is 49.4 Å². The van der Waals surface area contributed by atoms with Gasteiger partial charge in [0.1, 0.15) is 0 Å². The molecular formula is C22H22O4. The van der Waals surface area contributed by atoms with Crippen molar-refractivity contribution in [2.24, 2.45) is 0 Å². The number of benzene rings is 3.